The van der Waals surface area contributed by atoms with Crippen molar-refractivity contribution in [2.75, 3.05) is 0 Å². The van der Waals surface area contributed by atoms with Crippen molar-refractivity contribution in [3.63, 3.8) is 0 Å². The number of hydrogen-bond donors (Lipinski definition) is 2. The topological polar surface area (TPSA) is 55.9 Å². The molecule has 102 valence electrons. The van der Waals surface area contributed by atoms with Crippen LogP contribution in [0.25, 0.3) is 0 Å². The fraction of sp³-hybridized carbons (Fsp3) is 0.357. The molecule has 19 heavy (non-hydrogen) atoms. The highest BCUT2D eigenvalue weighted by molar-refractivity contribution is 6.30. The average molecular weight is 279 g/mol. The molecule has 0 spiro atoms. The number of aryl methyl sites for hydroxylation is 1. The summed E-state index contributed by atoms with van der Waals surface area (Å²) in [5, 5.41) is 0.729. The fourth-order valence-electron chi connectivity index (χ4n) is 2.13. The summed E-state index contributed by atoms with van der Waals surface area (Å²) in [5.41, 5.74) is 3.96. The van der Waals surface area contributed by atoms with Crippen LogP contribution in [0.4, 0.5) is 0 Å². The first-order valence-corrected chi connectivity index (χ1v) is 6.84. The summed E-state index contributed by atoms with van der Waals surface area (Å²) in [6, 6.07) is 7.76. The molecule has 1 aromatic heterocycles. The van der Waals surface area contributed by atoms with Crippen LogP contribution >= 0.6 is 11.6 Å². The number of hydrogen-bond acceptors (Lipinski definition) is 3. The zero-order chi connectivity index (χ0) is 13.7. The molecule has 2 aromatic rings. The van der Waals surface area contributed by atoms with E-state index in [1.54, 1.807) is 0 Å². The molecule has 0 fully saturated rings. The molecule has 3 N–H and O–H groups in total. The van der Waals surface area contributed by atoms with Crippen molar-refractivity contribution >= 4 is 11.6 Å². The first kappa shape index (κ1) is 14.1. The van der Waals surface area contributed by atoms with Crippen LogP contribution in [0.1, 0.15) is 30.8 Å². The second-order valence-electron chi connectivity index (χ2n) is 4.51. The quantitative estimate of drug-likeness (QED) is 0.631. The Morgan fingerprint density at radius 3 is 2.74 bits per heavy atom. The molecule has 0 amide bonds. The number of benzene rings is 1. The lowest BCUT2D eigenvalue weighted by atomic mass is 10.0. The lowest BCUT2D eigenvalue weighted by Crippen LogP contribution is -2.30. The fourth-order valence-corrected chi connectivity index (χ4v) is 2.25. The highest BCUT2D eigenvalue weighted by atomic mass is 35.5. The average Bonchev–Trinajstić information content (AvgIpc) is 2.85. The van der Waals surface area contributed by atoms with Gasteiger partial charge < -0.3 is 4.57 Å². The number of aromatic nitrogens is 2. The van der Waals surface area contributed by atoms with Crippen molar-refractivity contribution in [1.29, 1.82) is 0 Å². The molecule has 1 atom stereocenters. The third-order valence-corrected chi connectivity index (χ3v) is 3.38. The molecule has 5 heteroatoms. The smallest absolute Gasteiger partial charge is 0.110 e. The van der Waals surface area contributed by atoms with Gasteiger partial charge in [0.25, 0.3) is 0 Å². The molecule has 0 radical (unpaired) electrons. The van der Waals surface area contributed by atoms with Crippen molar-refractivity contribution in [3.8, 4) is 0 Å². The van der Waals surface area contributed by atoms with Gasteiger partial charge in [-0.15, -0.1) is 0 Å². The molecular weight excluding hydrogens is 260 g/mol. The van der Waals surface area contributed by atoms with Gasteiger partial charge in [-0.2, -0.15) is 0 Å². The predicted octanol–water partition coefficient (Wildman–Crippen LogP) is 2.69. The third kappa shape index (κ3) is 3.56. The number of imidazole rings is 1. The van der Waals surface area contributed by atoms with Crippen molar-refractivity contribution in [3.05, 3.63) is 53.1 Å². The molecule has 0 bridgehead atoms. The van der Waals surface area contributed by atoms with Crippen molar-refractivity contribution < 1.29 is 0 Å². The van der Waals surface area contributed by atoms with Gasteiger partial charge in [-0.25, -0.2) is 4.98 Å². The van der Waals surface area contributed by atoms with Crippen LogP contribution in [-0.2, 0) is 13.0 Å². The zero-order valence-electron chi connectivity index (χ0n) is 11.0. The highest BCUT2D eigenvalue weighted by Crippen LogP contribution is 2.19. The van der Waals surface area contributed by atoms with Gasteiger partial charge in [-0.1, -0.05) is 30.7 Å². The van der Waals surface area contributed by atoms with E-state index in [9.17, 15) is 0 Å². The van der Waals surface area contributed by atoms with Gasteiger partial charge in [0.15, 0.2) is 0 Å². The number of hydrazine groups is 1. The largest absolute Gasteiger partial charge is 0.335 e. The molecule has 0 aliphatic carbocycles. The van der Waals surface area contributed by atoms with Crippen molar-refractivity contribution in [2.45, 2.75) is 32.4 Å². The maximum Gasteiger partial charge on any atom is 0.110 e. The van der Waals surface area contributed by atoms with Crippen LogP contribution in [0.5, 0.6) is 0 Å². The minimum Gasteiger partial charge on any atom is -0.335 e. The summed E-state index contributed by atoms with van der Waals surface area (Å²) in [5.74, 6) is 6.70. The van der Waals surface area contributed by atoms with Crippen molar-refractivity contribution in [1.82, 2.24) is 15.0 Å². The van der Waals surface area contributed by atoms with Gasteiger partial charge >= 0.3 is 0 Å². The second-order valence-corrected chi connectivity index (χ2v) is 4.95. The van der Waals surface area contributed by atoms with Crippen LogP contribution in [0.2, 0.25) is 5.02 Å². The Labute approximate surface area is 118 Å². The predicted molar refractivity (Wildman–Crippen MR) is 77.7 cm³/mol. The molecule has 0 aliphatic rings. The van der Waals surface area contributed by atoms with Gasteiger partial charge in [0, 0.05) is 30.4 Å². The van der Waals surface area contributed by atoms with Gasteiger partial charge in [0.05, 0.1) is 6.04 Å². The summed E-state index contributed by atoms with van der Waals surface area (Å²) < 4.78 is 2.17. The Morgan fingerprint density at radius 1 is 1.37 bits per heavy atom. The molecular formula is C14H19ClN4. The lowest BCUT2D eigenvalue weighted by Gasteiger charge is -2.17. The summed E-state index contributed by atoms with van der Waals surface area (Å²) >= 11 is 5.90. The third-order valence-electron chi connectivity index (χ3n) is 3.13. The number of nitrogens with zero attached hydrogens (tertiary/aromatic N) is 2. The van der Waals surface area contributed by atoms with E-state index in [0.29, 0.717) is 0 Å². The molecule has 1 heterocycles. The van der Waals surface area contributed by atoms with E-state index in [-0.39, 0.29) is 6.04 Å². The van der Waals surface area contributed by atoms with Crippen molar-refractivity contribution in [2.24, 2.45) is 5.84 Å². The molecule has 4 nitrogen and oxygen atoms in total. The molecule has 0 aliphatic heterocycles. The Morgan fingerprint density at radius 2 is 2.11 bits per heavy atom. The van der Waals surface area contributed by atoms with E-state index in [1.165, 1.54) is 0 Å². The van der Waals surface area contributed by atoms with E-state index in [0.717, 1.165) is 35.8 Å². The number of halogens is 1. The van der Waals surface area contributed by atoms with E-state index in [4.69, 9.17) is 17.4 Å². The van der Waals surface area contributed by atoms with Crippen LogP contribution in [0, 0.1) is 0 Å². The standard InChI is InChI=1S/C14H19ClN4/c1-2-8-19-9-7-17-14(19)10-13(18-16)11-3-5-12(15)6-4-11/h3-7,9,13,18H,2,8,10,16H2,1H3. The number of nitrogens with two attached hydrogens (primary N) is 1. The van der Waals surface area contributed by atoms with Crippen LogP contribution in [-0.4, -0.2) is 9.55 Å². The minimum absolute atomic E-state index is 0.0373. The second kappa shape index (κ2) is 6.70. The number of rotatable bonds is 6. The molecule has 0 saturated carbocycles. The summed E-state index contributed by atoms with van der Waals surface area (Å²) in [6.45, 7) is 3.13. The summed E-state index contributed by atoms with van der Waals surface area (Å²) in [7, 11) is 0. The molecule has 1 unspecified atom stereocenters. The highest BCUT2D eigenvalue weighted by Gasteiger charge is 2.13. The molecule has 0 saturated heterocycles. The number of nitrogens with one attached hydrogen (secondary N) is 1. The Balaban J connectivity index is 2.14. The minimum atomic E-state index is 0.0373. The summed E-state index contributed by atoms with van der Waals surface area (Å²) in [4.78, 5) is 4.41. The molecule has 2 rings (SSSR count). The first-order chi connectivity index (χ1) is 9.24. The maximum absolute atomic E-state index is 5.90. The Bertz CT molecular complexity index is 506. The van der Waals surface area contributed by atoms with Crippen LogP contribution < -0.4 is 11.3 Å². The van der Waals surface area contributed by atoms with E-state index < -0.39 is 0 Å². The lowest BCUT2D eigenvalue weighted by molar-refractivity contribution is 0.517. The maximum atomic E-state index is 5.90. The van der Waals surface area contributed by atoms with Gasteiger partial charge in [-0.3, -0.25) is 11.3 Å². The van der Waals surface area contributed by atoms with E-state index >= 15 is 0 Å². The van der Waals surface area contributed by atoms with Crippen LogP contribution in [0.3, 0.4) is 0 Å². The monoisotopic (exact) mass is 278 g/mol. The van der Waals surface area contributed by atoms with E-state index in [1.807, 2.05) is 36.7 Å². The van der Waals surface area contributed by atoms with Gasteiger partial charge in [0.2, 0.25) is 0 Å². The SMILES string of the molecule is CCCn1ccnc1CC(NN)c1ccc(Cl)cc1. The Hall–Kier alpha value is -1.36. The van der Waals surface area contributed by atoms with Gasteiger partial charge in [-0.05, 0) is 24.1 Å². The normalized spacial score (nSPS) is 12.6. The van der Waals surface area contributed by atoms with Crippen LogP contribution in [0.15, 0.2) is 36.7 Å². The summed E-state index contributed by atoms with van der Waals surface area (Å²) in [6.07, 6.45) is 5.69. The van der Waals surface area contributed by atoms with Gasteiger partial charge in [0.1, 0.15) is 5.82 Å². The Kier molecular flexibility index (Phi) is 4.96. The zero-order valence-corrected chi connectivity index (χ0v) is 11.8. The molecule has 1 aromatic carbocycles. The van der Waals surface area contributed by atoms with E-state index in [2.05, 4.69) is 21.9 Å². The first-order valence-electron chi connectivity index (χ1n) is 6.46.